The molecule has 5 nitrogen and oxygen atoms in total. The van der Waals surface area contributed by atoms with Crippen molar-refractivity contribution in [3.8, 4) is 5.75 Å². The molecule has 0 bridgehead atoms. The molecule has 0 aliphatic carbocycles. The van der Waals surface area contributed by atoms with Crippen LogP contribution < -0.4 is 10.1 Å². The lowest BCUT2D eigenvalue weighted by Crippen LogP contribution is -2.44. The third kappa shape index (κ3) is 5.17. The third-order valence-electron chi connectivity index (χ3n) is 5.58. The van der Waals surface area contributed by atoms with Crippen LogP contribution in [0.15, 0.2) is 54.6 Å². The second kappa shape index (κ2) is 10.1. The molecule has 2 amide bonds. The van der Waals surface area contributed by atoms with Gasteiger partial charge in [0.1, 0.15) is 5.75 Å². The molecule has 1 fully saturated rings. The van der Waals surface area contributed by atoms with Gasteiger partial charge in [-0.3, -0.25) is 9.59 Å². The number of hydrogen-bond donors (Lipinski definition) is 1. The monoisotopic (exact) mass is 394 g/mol. The summed E-state index contributed by atoms with van der Waals surface area (Å²) in [5, 5.41) is 2.77. The SMILES string of the molecule is CCOc1ccc(C(=O)NCC(=O)N2CCC[C@@H]2[C@@H](CC)c2ccccc2)cc1. The number of amides is 2. The molecular weight excluding hydrogens is 364 g/mol. The Balaban J connectivity index is 1.59. The topological polar surface area (TPSA) is 58.6 Å². The molecule has 29 heavy (non-hydrogen) atoms. The van der Waals surface area contributed by atoms with Crippen molar-refractivity contribution >= 4 is 11.8 Å². The number of hydrogen-bond acceptors (Lipinski definition) is 3. The minimum Gasteiger partial charge on any atom is -0.494 e. The first-order chi connectivity index (χ1) is 14.1. The molecule has 1 aliphatic heterocycles. The third-order valence-corrected chi connectivity index (χ3v) is 5.58. The van der Waals surface area contributed by atoms with Crippen molar-refractivity contribution in [2.75, 3.05) is 19.7 Å². The molecule has 154 valence electrons. The van der Waals surface area contributed by atoms with Gasteiger partial charge >= 0.3 is 0 Å². The fourth-order valence-corrected chi connectivity index (χ4v) is 4.18. The lowest BCUT2D eigenvalue weighted by atomic mass is 9.87. The molecule has 1 N–H and O–H groups in total. The van der Waals surface area contributed by atoms with Crippen LogP contribution in [0.4, 0.5) is 0 Å². The van der Waals surface area contributed by atoms with Gasteiger partial charge in [-0.25, -0.2) is 0 Å². The zero-order valence-corrected chi connectivity index (χ0v) is 17.3. The van der Waals surface area contributed by atoms with Crippen LogP contribution in [-0.4, -0.2) is 42.5 Å². The minimum absolute atomic E-state index is 0.0128. The molecule has 2 aromatic carbocycles. The smallest absolute Gasteiger partial charge is 0.251 e. The van der Waals surface area contributed by atoms with Gasteiger partial charge in [-0.05, 0) is 56.0 Å². The van der Waals surface area contributed by atoms with Gasteiger partial charge in [0.25, 0.3) is 5.91 Å². The molecule has 1 heterocycles. The Morgan fingerprint density at radius 3 is 2.48 bits per heavy atom. The van der Waals surface area contributed by atoms with Crippen LogP contribution in [0, 0.1) is 0 Å². The van der Waals surface area contributed by atoms with E-state index in [0.29, 0.717) is 18.1 Å². The van der Waals surface area contributed by atoms with Gasteiger partial charge in [0.05, 0.1) is 13.2 Å². The fraction of sp³-hybridized carbons (Fsp3) is 0.417. The van der Waals surface area contributed by atoms with Crippen LogP contribution in [0.2, 0.25) is 0 Å². The number of nitrogens with zero attached hydrogens (tertiary/aromatic N) is 1. The largest absolute Gasteiger partial charge is 0.494 e. The highest BCUT2D eigenvalue weighted by atomic mass is 16.5. The Morgan fingerprint density at radius 1 is 1.10 bits per heavy atom. The van der Waals surface area contributed by atoms with E-state index in [4.69, 9.17) is 4.74 Å². The maximum atomic E-state index is 12.9. The normalized spacial score (nSPS) is 17.0. The summed E-state index contributed by atoms with van der Waals surface area (Å²) < 4.78 is 5.40. The highest BCUT2D eigenvalue weighted by molar-refractivity contribution is 5.96. The van der Waals surface area contributed by atoms with E-state index in [0.717, 1.165) is 31.6 Å². The van der Waals surface area contributed by atoms with Gasteiger partial charge in [0.2, 0.25) is 5.91 Å². The summed E-state index contributed by atoms with van der Waals surface area (Å²) in [7, 11) is 0. The molecule has 5 heteroatoms. The summed E-state index contributed by atoms with van der Waals surface area (Å²) in [6, 6.07) is 17.6. The maximum absolute atomic E-state index is 12.9. The van der Waals surface area contributed by atoms with Crippen molar-refractivity contribution in [2.45, 2.75) is 45.1 Å². The molecule has 2 atom stereocenters. The Morgan fingerprint density at radius 2 is 1.83 bits per heavy atom. The van der Waals surface area contributed by atoms with E-state index < -0.39 is 0 Å². The van der Waals surface area contributed by atoms with E-state index in [9.17, 15) is 9.59 Å². The number of benzene rings is 2. The average molecular weight is 395 g/mol. The predicted octanol–water partition coefficient (Wildman–Crippen LogP) is 4.00. The summed E-state index contributed by atoms with van der Waals surface area (Å²) in [5.41, 5.74) is 1.80. The number of rotatable bonds is 8. The second-order valence-corrected chi connectivity index (χ2v) is 7.36. The Bertz CT molecular complexity index is 805. The van der Waals surface area contributed by atoms with Crippen LogP contribution in [0.3, 0.4) is 0 Å². The average Bonchev–Trinajstić information content (AvgIpc) is 3.23. The van der Waals surface area contributed by atoms with Crippen LogP contribution in [0.25, 0.3) is 0 Å². The standard InChI is InChI=1S/C24H30N2O3/c1-3-21(18-9-6-5-7-10-18)22-11-8-16-26(22)23(27)17-25-24(28)19-12-14-20(15-13-19)29-4-2/h5-7,9-10,12-15,21-22H,3-4,8,11,16-17H2,1-2H3,(H,25,28)/t21-,22+/m0/s1. The molecule has 1 aliphatic rings. The number of likely N-dealkylation sites (tertiary alicyclic amines) is 1. The zero-order valence-electron chi connectivity index (χ0n) is 17.3. The van der Waals surface area contributed by atoms with Crippen molar-refractivity contribution in [2.24, 2.45) is 0 Å². The van der Waals surface area contributed by atoms with Gasteiger partial charge < -0.3 is 15.0 Å². The molecule has 0 saturated carbocycles. The summed E-state index contributed by atoms with van der Waals surface area (Å²) >= 11 is 0. The van der Waals surface area contributed by atoms with E-state index in [2.05, 4.69) is 36.5 Å². The highest BCUT2D eigenvalue weighted by Crippen LogP contribution is 2.33. The zero-order chi connectivity index (χ0) is 20.6. The lowest BCUT2D eigenvalue weighted by molar-refractivity contribution is -0.131. The molecular formula is C24H30N2O3. The fourth-order valence-electron chi connectivity index (χ4n) is 4.18. The molecule has 0 aromatic heterocycles. The first-order valence-electron chi connectivity index (χ1n) is 10.5. The number of carbonyl (C=O) groups excluding carboxylic acids is 2. The van der Waals surface area contributed by atoms with Gasteiger partial charge in [-0.1, -0.05) is 37.3 Å². The van der Waals surface area contributed by atoms with Crippen molar-refractivity contribution in [1.29, 1.82) is 0 Å². The van der Waals surface area contributed by atoms with E-state index in [-0.39, 0.29) is 24.4 Å². The lowest BCUT2D eigenvalue weighted by Gasteiger charge is -2.31. The molecule has 2 aromatic rings. The van der Waals surface area contributed by atoms with Crippen LogP contribution in [-0.2, 0) is 4.79 Å². The quantitative estimate of drug-likeness (QED) is 0.736. The van der Waals surface area contributed by atoms with Gasteiger partial charge in [-0.15, -0.1) is 0 Å². The second-order valence-electron chi connectivity index (χ2n) is 7.36. The van der Waals surface area contributed by atoms with E-state index in [1.165, 1.54) is 5.56 Å². The van der Waals surface area contributed by atoms with Gasteiger partial charge in [0, 0.05) is 24.1 Å². The van der Waals surface area contributed by atoms with Crippen LogP contribution in [0.1, 0.15) is 54.9 Å². The molecule has 0 spiro atoms. The number of nitrogens with one attached hydrogen (secondary N) is 1. The summed E-state index contributed by atoms with van der Waals surface area (Å²) in [5.74, 6) is 0.796. The Hall–Kier alpha value is -2.82. The van der Waals surface area contributed by atoms with Crippen molar-refractivity contribution in [3.05, 3.63) is 65.7 Å². The molecule has 1 saturated heterocycles. The van der Waals surface area contributed by atoms with Crippen molar-refractivity contribution < 1.29 is 14.3 Å². The highest BCUT2D eigenvalue weighted by Gasteiger charge is 2.34. The number of ether oxygens (including phenoxy) is 1. The first-order valence-corrected chi connectivity index (χ1v) is 10.5. The number of carbonyl (C=O) groups is 2. The van der Waals surface area contributed by atoms with Gasteiger partial charge in [0.15, 0.2) is 0 Å². The molecule has 3 rings (SSSR count). The summed E-state index contributed by atoms with van der Waals surface area (Å²) in [6.07, 6.45) is 3.00. The minimum atomic E-state index is -0.243. The van der Waals surface area contributed by atoms with Crippen LogP contribution >= 0.6 is 0 Å². The summed E-state index contributed by atoms with van der Waals surface area (Å²) in [6.45, 7) is 5.45. The van der Waals surface area contributed by atoms with Crippen molar-refractivity contribution in [1.82, 2.24) is 10.2 Å². The van der Waals surface area contributed by atoms with E-state index >= 15 is 0 Å². The molecule has 0 radical (unpaired) electrons. The summed E-state index contributed by atoms with van der Waals surface area (Å²) in [4.78, 5) is 27.2. The Labute approximate surface area is 173 Å². The van der Waals surface area contributed by atoms with Gasteiger partial charge in [-0.2, -0.15) is 0 Å². The maximum Gasteiger partial charge on any atom is 0.251 e. The Kier molecular flexibility index (Phi) is 7.28. The van der Waals surface area contributed by atoms with Crippen LogP contribution in [0.5, 0.6) is 5.75 Å². The van der Waals surface area contributed by atoms with Crippen molar-refractivity contribution in [3.63, 3.8) is 0 Å². The molecule has 0 unspecified atom stereocenters. The predicted molar refractivity (Wildman–Crippen MR) is 114 cm³/mol. The van der Waals surface area contributed by atoms with E-state index in [1.54, 1.807) is 24.3 Å². The first kappa shape index (κ1) is 20.9. The van der Waals surface area contributed by atoms with E-state index in [1.807, 2.05) is 17.9 Å².